The van der Waals surface area contributed by atoms with E-state index in [9.17, 15) is 0 Å². The Morgan fingerprint density at radius 3 is 3.14 bits per heavy atom. The third-order valence-electron chi connectivity index (χ3n) is 2.42. The van der Waals surface area contributed by atoms with Crippen LogP contribution in [0.1, 0.15) is 11.1 Å². The van der Waals surface area contributed by atoms with Gasteiger partial charge in [-0.25, -0.2) is 4.98 Å². The van der Waals surface area contributed by atoms with Gasteiger partial charge in [0.15, 0.2) is 0 Å². The van der Waals surface area contributed by atoms with E-state index in [1.54, 1.807) is 0 Å². The number of hydrogen-bond donors (Lipinski definition) is 1. The number of rotatable bonds is 0. The Morgan fingerprint density at radius 1 is 1.29 bits per heavy atom. The first kappa shape index (κ1) is 7.44. The van der Waals surface area contributed by atoms with E-state index < -0.39 is 0 Å². The monoisotopic (exact) mass is 185 g/mol. The number of nitrogens with zero attached hydrogens (tertiary/aromatic N) is 2. The highest BCUT2D eigenvalue weighted by atomic mass is 15.2. The van der Waals surface area contributed by atoms with Gasteiger partial charge in [-0.05, 0) is 29.7 Å². The first-order chi connectivity index (χ1) is 6.83. The Hall–Kier alpha value is -1.97. The van der Waals surface area contributed by atoms with Crippen LogP contribution in [0.25, 0.3) is 17.1 Å². The van der Waals surface area contributed by atoms with Gasteiger partial charge in [-0.3, -0.25) is 5.73 Å². The van der Waals surface area contributed by atoms with Crippen LogP contribution in [0.4, 0.5) is 5.95 Å². The van der Waals surface area contributed by atoms with E-state index in [1.165, 1.54) is 11.1 Å². The summed E-state index contributed by atoms with van der Waals surface area (Å²) in [5.41, 5.74) is 9.85. The standard InChI is InChI=1S/C10H8N4/c11-10-12-8-4-6-2-1-3-7(6)5-9(8)13-14-10/h1-2,4-5H,3H2,(H2,11,12,14)/p+1. The number of nitrogens with one attached hydrogen (secondary N) is 1. The van der Waals surface area contributed by atoms with Gasteiger partial charge in [0, 0.05) is 5.10 Å². The van der Waals surface area contributed by atoms with Crippen LogP contribution in [0.2, 0.25) is 0 Å². The molecule has 68 valence electrons. The quantitative estimate of drug-likeness (QED) is 0.653. The summed E-state index contributed by atoms with van der Waals surface area (Å²) in [6.07, 6.45) is 5.23. The molecule has 1 aliphatic rings. The van der Waals surface area contributed by atoms with Crippen LogP contribution >= 0.6 is 0 Å². The number of allylic oxidation sites excluding steroid dienone is 1. The average molecular weight is 185 g/mol. The molecule has 0 saturated carbocycles. The number of fused-ring (bicyclic) bond motifs is 2. The topological polar surface area (TPSA) is 65.9 Å². The maximum Gasteiger partial charge on any atom is 0.410 e. The van der Waals surface area contributed by atoms with Gasteiger partial charge in [-0.2, -0.15) is 0 Å². The van der Waals surface area contributed by atoms with Crippen LogP contribution in [0.15, 0.2) is 18.2 Å². The van der Waals surface area contributed by atoms with Crippen LogP contribution in [0, 0.1) is 0 Å². The maximum absolute atomic E-state index is 5.52. The molecule has 0 amide bonds. The Labute approximate surface area is 80.5 Å². The molecule has 0 spiro atoms. The summed E-state index contributed by atoms with van der Waals surface area (Å²) in [6.45, 7) is 0. The van der Waals surface area contributed by atoms with Crippen LogP contribution < -0.4 is 10.7 Å². The summed E-state index contributed by atoms with van der Waals surface area (Å²) < 4.78 is 0. The fourth-order valence-corrected chi connectivity index (χ4v) is 1.75. The van der Waals surface area contributed by atoms with Crippen molar-refractivity contribution in [1.29, 1.82) is 0 Å². The molecule has 4 heteroatoms. The zero-order valence-corrected chi connectivity index (χ0v) is 7.49. The molecular formula is C10H9N4+. The van der Waals surface area contributed by atoms with Crippen molar-refractivity contribution in [3.63, 3.8) is 0 Å². The molecule has 0 unspecified atom stereocenters. The third kappa shape index (κ3) is 0.970. The molecule has 1 aromatic carbocycles. The molecule has 1 aliphatic carbocycles. The number of aromatic nitrogens is 3. The van der Waals surface area contributed by atoms with Crippen molar-refractivity contribution in [3.05, 3.63) is 29.3 Å². The van der Waals surface area contributed by atoms with E-state index >= 15 is 0 Å². The number of aromatic amines is 1. The maximum atomic E-state index is 5.52. The summed E-state index contributed by atoms with van der Waals surface area (Å²) in [7, 11) is 0. The zero-order valence-electron chi connectivity index (χ0n) is 7.49. The molecule has 0 radical (unpaired) electrons. The molecule has 3 N–H and O–H groups in total. The highest BCUT2D eigenvalue weighted by molar-refractivity contribution is 5.78. The lowest BCUT2D eigenvalue weighted by Gasteiger charge is -1.98. The lowest BCUT2D eigenvalue weighted by atomic mass is 10.1. The zero-order chi connectivity index (χ0) is 9.54. The minimum Gasteiger partial charge on any atom is -0.286 e. The fraction of sp³-hybridized carbons (Fsp3) is 0.100. The molecule has 1 aromatic heterocycles. The minimum absolute atomic E-state index is 0.347. The molecular weight excluding hydrogens is 176 g/mol. The van der Waals surface area contributed by atoms with Gasteiger partial charge < -0.3 is 0 Å². The molecule has 3 rings (SSSR count). The second-order valence-corrected chi connectivity index (χ2v) is 3.38. The van der Waals surface area contributed by atoms with Crippen molar-refractivity contribution < 1.29 is 4.98 Å². The summed E-state index contributed by atoms with van der Waals surface area (Å²) in [5, 5.41) is 7.81. The van der Waals surface area contributed by atoms with Crippen molar-refractivity contribution in [1.82, 2.24) is 10.2 Å². The molecule has 0 fully saturated rings. The molecule has 14 heavy (non-hydrogen) atoms. The van der Waals surface area contributed by atoms with Gasteiger partial charge in [0.1, 0.15) is 11.0 Å². The Balaban J connectivity index is 2.37. The van der Waals surface area contributed by atoms with E-state index in [4.69, 9.17) is 5.73 Å². The Bertz CT molecular complexity index is 545. The molecule has 1 heterocycles. The van der Waals surface area contributed by atoms with Gasteiger partial charge in [0.2, 0.25) is 0 Å². The van der Waals surface area contributed by atoms with E-state index in [2.05, 4.69) is 33.4 Å². The van der Waals surface area contributed by atoms with E-state index in [-0.39, 0.29) is 0 Å². The molecule has 0 aliphatic heterocycles. The number of nitrogen functional groups attached to an aromatic ring is 1. The fourth-order valence-electron chi connectivity index (χ4n) is 1.75. The molecule has 0 atom stereocenters. The van der Waals surface area contributed by atoms with E-state index in [0.29, 0.717) is 5.95 Å². The first-order valence-corrected chi connectivity index (χ1v) is 4.47. The van der Waals surface area contributed by atoms with Crippen molar-refractivity contribution in [2.24, 2.45) is 0 Å². The number of benzene rings is 1. The third-order valence-corrected chi connectivity index (χ3v) is 2.42. The molecule has 0 bridgehead atoms. The van der Waals surface area contributed by atoms with E-state index in [1.807, 2.05) is 6.07 Å². The van der Waals surface area contributed by atoms with Gasteiger partial charge in [0.05, 0.1) is 0 Å². The summed E-state index contributed by atoms with van der Waals surface area (Å²) >= 11 is 0. The number of nitrogens with two attached hydrogens (primary N) is 1. The normalized spacial score (nSPS) is 13.4. The number of H-pyrrole nitrogens is 1. The first-order valence-electron chi connectivity index (χ1n) is 4.47. The van der Waals surface area contributed by atoms with Crippen molar-refractivity contribution in [2.45, 2.75) is 6.42 Å². The summed E-state index contributed by atoms with van der Waals surface area (Å²) in [4.78, 5) is 2.99. The van der Waals surface area contributed by atoms with Crippen molar-refractivity contribution in [2.75, 3.05) is 5.73 Å². The Morgan fingerprint density at radius 2 is 2.21 bits per heavy atom. The molecule has 2 aromatic rings. The van der Waals surface area contributed by atoms with Gasteiger partial charge >= 0.3 is 5.95 Å². The number of anilines is 1. The molecule has 0 saturated heterocycles. The smallest absolute Gasteiger partial charge is 0.286 e. The van der Waals surface area contributed by atoms with Crippen LogP contribution in [-0.4, -0.2) is 10.2 Å². The van der Waals surface area contributed by atoms with Crippen LogP contribution in [-0.2, 0) is 6.42 Å². The lowest BCUT2D eigenvalue weighted by molar-refractivity contribution is -0.331. The minimum atomic E-state index is 0.347. The Kier molecular flexibility index (Phi) is 1.33. The predicted octanol–water partition coefficient (Wildman–Crippen LogP) is 0.595. The largest absolute Gasteiger partial charge is 0.410 e. The molecule has 4 nitrogen and oxygen atoms in total. The van der Waals surface area contributed by atoms with Crippen molar-refractivity contribution in [3.8, 4) is 0 Å². The number of hydrogen-bond acceptors (Lipinski definition) is 3. The van der Waals surface area contributed by atoms with Crippen LogP contribution in [0.3, 0.4) is 0 Å². The average Bonchev–Trinajstić information content (AvgIpc) is 2.61. The van der Waals surface area contributed by atoms with Crippen LogP contribution in [0.5, 0.6) is 0 Å². The second-order valence-electron chi connectivity index (χ2n) is 3.38. The van der Waals surface area contributed by atoms with Crippen molar-refractivity contribution >= 4 is 23.1 Å². The van der Waals surface area contributed by atoms with E-state index in [0.717, 1.165) is 17.5 Å². The highest BCUT2D eigenvalue weighted by Crippen LogP contribution is 2.22. The SMILES string of the molecule is Nc1nnc2cc3c(cc2[nH+]1)C=CC3. The highest BCUT2D eigenvalue weighted by Gasteiger charge is 2.10. The second kappa shape index (κ2) is 2.51. The van der Waals surface area contributed by atoms with Gasteiger partial charge in [-0.15, -0.1) is 0 Å². The summed E-state index contributed by atoms with van der Waals surface area (Å²) in [5.74, 6) is 0.347. The lowest BCUT2D eigenvalue weighted by Crippen LogP contribution is -2.15. The predicted molar refractivity (Wildman–Crippen MR) is 53.2 cm³/mol. The summed E-state index contributed by atoms with van der Waals surface area (Å²) in [6, 6.07) is 4.10. The van der Waals surface area contributed by atoms with Gasteiger partial charge in [-0.1, -0.05) is 17.3 Å². The van der Waals surface area contributed by atoms with Gasteiger partial charge in [0.25, 0.3) is 0 Å².